The molecule has 0 saturated heterocycles. The number of Topliss-reactive ketones (excluding diaryl/α,β-unsaturated/α-hetero) is 1. The number of halogens is 9. The van der Waals surface area contributed by atoms with Gasteiger partial charge in [-0.2, -0.15) is 45.5 Å². The molecule has 0 radical (unpaired) electrons. The molecule has 0 aliphatic heterocycles. The van der Waals surface area contributed by atoms with Crippen LogP contribution in [-0.2, 0) is 30.4 Å². The van der Waals surface area contributed by atoms with Gasteiger partial charge in [0.15, 0.2) is 11.5 Å². The van der Waals surface area contributed by atoms with E-state index >= 15 is 0 Å². The predicted molar refractivity (Wildman–Crippen MR) is 112 cm³/mol. The summed E-state index contributed by atoms with van der Waals surface area (Å²) in [4.78, 5) is 38.6. The van der Waals surface area contributed by atoms with Gasteiger partial charge in [-0.3, -0.25) is 24.0 Å². The molecule has 38 heavy (non-hydrogen) atoms. The molecular weight excluding hydrogens is 556 g/mol. The molecule has 1 aromatic heterocycles. The van der Waals surface area contributed by atoms with Crippen molar-refractivity contribution in [1.82, 2.24) is 14.7 Å². The highest BCUT2D eigenvalue weighted by atomic mass is 35.5. The Kier molecular flexibility index (Phi) is 7.13. The van der Waals surface area contributed by atoms with Gasteiger partial charge in [-0.25, -0.2) is 0 Å². The van der Waals surface area contributed by atoms with Crippen LogP contribution in [0, 0.1) is 11.3 Å². The van der Waals surface area contributed by atoms with E-state index in [0.717, 1.165) is 25.1 Å². The lowest BCUT2D eigenvalue weighted by Crippen LogP contribution is -2.44. The first-order valence-electron chi connectivity index (χ1n) is 10.5. The van der Waals surface area contributed by atoms with E-state index in [1.807, 2.05) is 6.07 Å². The Morgan fingerprint density at radius 3 is 2.16 bits per heavy atom. The lowest BCUT2D eigenvalue weighted by Gasteiger charge is -2.24. The molecule has 1 heterocycles. The molecule has 1 saturated carbocycles. The SMILES string of the molecule is CC(=O)N(C(=O)c1cc(CC(=O)c2c(C(F)(F)F)c(C(F)(F)C(F)(F)F)nn2C)ccc1Cl)C1(C#N)CC1. The number of rotatable bonds is 6. The summed E-state index contributed by atoms with van der Waals surface area (Å²) < 4.78 is 107. The summed E-state index contributed by atoms with van der Waals surface area (Å²) in [5, 5.41) is 11.8. The molecular formula is C22H15ClF8N4O3. The molecule has 1 fully saturated rings. The molecule has 0 atom stereocenters. The third-order valence-corrected chi connectivity index (χ3v) is 6.08. The van der Waals surface area contributed by atoms with Gasteiger partial charge >= 0.3 is 18.3 Å². The molecule has 0 spiro atoms. The van der Waals surface area contributed by atoms with Gasteiger partial charge < -0.3 is 0 Å². The lowest BCUT2D eigenvalue weighted by atomic mass is 9.99. The highest BCUT2D eigenvalue weighted by molar-refractivity contribution is 6.34. The highest BCUT2D eigenvalue weighted by Gasteiger charge is 2.64. The molecule has 3 rings (SSSR count). The van der Waals surface area contributed by atoms with Gasteiger partial charge in [-0.1, -0.05) is 17.7 Å². The molecule has 0 N–H and O–H groups in total. The van der Waals surface area contributed by atoms with E-state index in [2.05, 4.69) is 5.10 Å². The number of hydrogen-bond donors (Lipinski definition) is 0. The fourth-order valence-corrected chi connectivity index (χ4v) is 4.04. The number of imide groups is 1. The van der Waals surface area contributed by atoms with Crippen molar-refractivity contribution in [2.45, 2.75) is 50.0 Å². The quantitative estimate of drug-likeness (QED) is 0.351. The van der Waals surface area contributed by atoms with E-state index < -0.39 is 64.8 Å². The number of hydrogen-bond acceptors (Lipinski definition) is 5. The Morgan fingerprint density at radius 1 is 1.13 bits per heavy atom. The molecule has 1 aromatic carbocycles. The number of amides is 2. The zero-order chi connectivity index (χ0) is 29.0. The third-order valence-electron chi connectivity index (χ3n) is 5.75. The van der Waals surface area contributed by atoms with Crippen LogP contribution in [0.4, 0.5) is 35.1 Å². The number of nitrogens with zero attached hydrogens (tertiary/aromatic N) is 4. The van der Waals surface area contributed by atoms with Gasteiger partial charge in [0.05, 0.1) is 16.7 Å². The fourth-order valence-electron chi connectivity index (χ4n) is 3.84. The molecule has 2 aromatic rings. The first-order valence-corrected chi connectivity index (χ1v) is 10.8. The zero-order valence-corrected chi connectivity index (χ0v) is 20.0. The third kappa shape index (κ3) is 4.96. The number of carbonyl (C=O) groups is 3. The van der Waals surface area contributed by atoms with Crippen LogP contribution in [0.15, 0.2) is 18.2 Å². The Bertz CT molecular complexity index is 1370. The number of aromatic nitrogens is 2. The minimum absolute atomic E-state index is 0.0244. The predicted octanol–water partition coefficient (Wildman–Crippen LogP) is 5.22. The van der Waals surface area contributed by atoms with Crippen LogP contribution in [0.1, 0.15) is 57.4 Å². The van der Waals surface area contributed by atoms with E-state index in [4.69, 9.17) is 11.6 Å². The number of benzene rings is 1. The Hall–Kier alpha value is -3.54. The second kappa shape index (κ2) is 9.33. The van der Waals surface area contributed by atoms with Crippen molar-refractivity contribution in [3.8, 4) is 6.07 Å². The minimum atomic E-state index is -6.43. The normalized spacial score (nSPS) is 15.1. The second-order valence-electron chi connectivity index (χ2n) is 8.48. The fraction of sp³-hybridized carbons (Fsp3) is 0.409. The van der Waals surface area contributed by atoms with Crippen molar-refractivity contribution < 1.29 is 49.5 Å². The van der Waals surface area contributed by atoms with Gasteiger partial charge in [0.1, 0.15) is 16.8 Å². The number of ketones is 1. The molecule has 0 bridgehead atoms. The summed E-state index contributed by atoms with van der Waals surface area (Å²) >= 11 is 6.03. The van der Waals surface area contributed by atoms with E-state index in [1.54, 1.807) is 0 Å². The van der Waals surface area contributed by atoms with Gasteiger partial charge in [-0.05, 0) is 30.5 Å². The van der Waals surface area contributed by atoms with Crippen LogP contribution in [-0.4, -0.2) is 44.0 Å². The first-order chi connectivity index (χ1) is 17.3. The smallest absolute Gasteiger partial charge is 0.292 e. The average molecular weight is 571 g/mol. The molecule has 0 unspecified atom stereocenters. The average Bonchev–Trinajstić information content (AvgIpc) is 3.46. The topological polar surface area (TPSA) is 96.1 Å². The largest absolute Gasteiger partial charge is 0.459 e. The van der Waals surface area contributed by atoms with E-state index in [1.165, 1.54) is 0 Å². The van der Waals surface area contributed by atoms with Crippen molar-refractivity contribution in [2.75, 3.05) is 0 Å². The summed E-state index contributed by atoms with van der Waals surface area (Å²) in [7, 11) is 0.594. The number of carbonyl (C=O) groups excluding carboxylic acids is 3. The summed E-state index contributed by atoms with van der Waals surface area (Å²) in [6.07, 6.45) is -12.9. The Labute approximate surface area is 213 Å². The maximum Gasteiger partial charge on any atom is 0.459 e. The molecule has 2 amide bonds. The summed E-state index contributed by atoms with van der Waals surface area (Å²) in [6, 6.07) is 4.97. The van der Waals surface area contributed by atoms with Gasteiger partial charge in [-0.15, -0.1) is 0 Å². The standard InChI is InChI=1S/C22H15ClF8N4O3/c1-10(36)35(19(9-32)5-6-19)18(38)12-7-11(3-4-13(12)23)8-14(37)16-15(21(26,27)28)17(33-34(16)2)20(24,25)22(29,30)31/h3-4,7H,5-6,8H2,1-2H3. The van der Waals surface area contributed by atoms with Crippen LogP contribution >= 0.6 is 11.6 Å². The van der Waals surface area contributed by atoms with Gasteiger partial charge in [0.25, 0.3) is 5.91 Å². The van der Waals surface area contributed by atoms with Crippen LogP contribution in [0.2, 0.25) is 5.02 Å². The molecule has 7 nitrogen and oxygen atoms in total. The van der Waals surface area contributed by atoms with Crippen molar-refractivity contribution >= 4 is 29.2 Å². The van der Waals surface area contributed by atoms with Gasteiger partial charge in [0, 0.05) is 20.4 Å². The monoisotopic (exact) mass is 570 g/mol. The number of nitriles is 1. The Morgan fingerprint density at radius 2 is 1.71 bits per heavy atom. The summed E-state index contributed by atoms with van der Waals surface area (Å²) in [5.74, 6) is -9.39. The van der Waals surface area contributed by atoms with E-state index in [9.17, 15) is 54.8 Å². The van der Waals surface area contributed by atoms with Crippen molar-refractivity contribution in [1.29, 1.82) is 5.26 Å². The molecule has 204 valence electrons. The highest BCUT2D eigenvalue weighted by Crippen LogP contribution is 2.48. The first kappa shape index (κ1) is 29.0. The molecule has 1 aliphatic carbocycles. The van der Waals surface area contributed by atoms with Crippen LogP contribution in [0.5, 0.6) is 0 Å². The molecule has 1 aliphatic rings. The molecule has 16 heteroatoms. The van der Waals surface area contributed by atoms with E-state index in [0.29, 0.717) is 11.9 Å². The minimum Gasteiger partial charge on any atom is -0.292 e. The zero-order valence-electron chi connectivity index (χ0n) is 19.3. The lowest BCUT2D eigenvalue weighted by molar-refractivity contribution is -0.292. The van der Waals surface area contributed by atoms with Crippen molar-refractivity contribution in [3.05, 3.63) is 51.3 Å². The van der Waals surface area contributed by atoms with Crippen molar-refractivity contribution in [3.63, 3.8) is 0 Å². The van der Waals surface area contributed by atoms with Crippen LogP contribution in [0.25, 0.3) is 0 Å². The van der Waals surface area contributed by atoms with Crippen molar-refractivity contribution in [2.24, 2.45) is 7.05 Å². The van der Waals surface area contributed by atoms with E-state index in [-0.39, 0.29) is 33.7 Å². The Balaban J connectivity index is 2.05. The van der Waals surface area contributed by atoms with Crippen LogP contribution < -0.4 is 0 Å². The summed E-state index contributed by atoms with van der Waals surface area (Å²) in [5.41, 5.74) is -8.78. The second-order valence-corrected chi connectivity index (χ2v) is 8.89. The maximum absolute atomic E-state index is 13.9. The summed E-state index contributed by atoms with van der Waals surface area (Å²) in [6.45, 7) is 1.02. The maximum atomic E-state index is 13.9. The van der Waals surface area contributed by atoms with Gasteiger partial charge in [0.2, 0.25) is 5.91 Å². The van der Waals surface area contributed by atoms with Crippen LogP contribution in [0.3, 0.4) is 0 Å². The number of alkyl halides is 8. The number of aryl methyl sites for hydroxylation is 1.